The van der Waals surface area contributed by atoms with Crippen molar-refractivity contribution in [2.45, 2.75) is 12.1 Å². The largest absolute Gasteiger partial charge is 0.368 e. The molecule has 0 aliphatic heterocycles. The summed E-state index contributed by atoms with van der Waals surface area (Å²) in [6.45, 7) is 1.96. The van der Waals surface area contributed by atoms with Gasteiger partial charge in [0.15, 0.2) is 11.0 Å². The molecule has 2 rings (SSSR count). The van der Waals surface area contributed by atoms with Crippen molar-refractivity contribution in [3.63, 3.8) is 0 Å². The van der Waals surface area contributed by atoms with Crippen LogP contribution in [0.25, 0.3) is 11.4 Å². The number of aromatic nitrogens is 3. The van der Waals surface area contributed by atoms with Crippen molar-refractivity contribution in [1.82, 2.24) is 15.0 Å². The molecule has 2 aromatic rings. The molecule has 88 valence electrons. The number of hydrogen-bond donors (Lipinski definition) is 1. The molecule has 0 fully saturated rings. The summed E-state index contributed by atoms with van der Waals surface area (Å²) < 4.78 is 0. The lowest BCUT2D eigenvalue weighted by Gasteiger charge is -2.06. The first-order valence-corrected chi connectivity index (χ1v) is 6.52. The average molecular weight is 267 g/mol. The van der Waals surface area contributed by atoms with Crippen LogP contribution in [0.15, 0.2) is 23.4 Å². The van der Waals surface area contributed by atoms with Gasteiger partial charge in [0.25, 0.3) is 0 Å². The van der Waals surface area contributed by atoms with Crippen molar-refractivity contribution in [1.29, 1.82) is 0 Å². The molecule has 0 aliphatic carbocycles. The molecule has 1 aromatic heterocycles. The minimum absolute atomic E-state index is 0.230. The number of aryl methyl sites for hydroxylation is 1. The minimum atomic E-state index is 0.230. The second-order valence-corrected chi connectivity index (χ2v) is 4.67. The Labute approximate surface area is 109 Å². The second kappa shape index (κ2) is 4.89. The molecule has 0 saturated heterocycles. The van der Waals surface area contributed by atoms with Gasteiger partial charge in [-0.05, 0) is 36.9 Å². The Hall–Kier alpha value is -1.33. The van der Waals surface area contributed by atoms with E-state index >= 15 is 0 Å². The first kappa shape index (κ1) is 12.1. The van der Waals surface area contributed by atoms with Gasteiger partial charge in [0.05, 0.1) is 0 Å². The van der Waals surface area contributed by atoms with Gasteiger partial charge in [0, 0.05) is 10.6 Å². The number of anilines is 1. The van der Waals surface area contributed by atoms with Gasteiger partial charge in [-0.1, -0.05) is 23.4 Å². The van der Waals surface area contributed by atoms with E-state index in [-0.39, 0.29) is 5.95 Å². The molecule has 1 heterocycles. The first-order valence-electron chi connectivity index (χ1n) is 4.92. The summed E-state index contributed by atoms with van der Waals surface area (Å²) in [7, 11) is 0. The molecule has 0 saturated carbocycles. The SMILES string of the molecule is CSc1nc(N)nc(-c2ccc(Cl)cc2C)n1. The topological polar surface area (TPSA) is 64.7 Å². The zero-order valence-corrected chi connectivity index (χ0v) is 11.0. The maximum Gasteiger partial charge on any atom is 0.224 e. The zero-order valence-electron chi connectivity index (χ0n) is 9.44. The maximum absolute atomic E-state index is 5.91. The summed E-state index contributed by atoms with van der Waals surface area (Å²) in [6.07, 6.45) is 1.90. The van der Waals surface area contributed by atoms with Gasteiger partial charge in [-0.25, -0.2) is 4.98 Å². The number of nitrogens with two attached hydrogens (primary N) is 1. The van der Waals surface area contributed by atoms with Crippen LogP contribution >= 0.6 is 23.4 Å². The highest BCUT2D eigenvalue weighted by Gasteiger charge is 2.09. The smallest absolute Gasteiger partial charge is 0.224 e. The van der Waals surface area contributed by atoms with E-state index < -0.39 is 0 Å². The molecule has 0 aliphatic rings. The van der Waals surface area contributed by atoms with Gasteiger partial charge in [-0.2, -0.15) is 9.97 Å². The van der Waals surface area contributed by atoms with Crippen molar-refractivity contribution in [2.75, 3.05) is 12.0 Å². The third kappa shape index (κ3) is 2.68. The van der Waals surface area contributed by atoms with E-state index in [0.29, 0.717) is 16.0 Å². The Morgan fingerprint density at radius 1 is 1.24 bits per heavy atom. The maximum atomic E-state index is 5.91. The van der Waals surface area contributed by atoms with Crippen molar-refractivity contribution in [2.24, 2.45) is 0 Å². The lowest BCUT2D eigenvalue weighted by Crippen LogP contribution is -2.02. The molecule has 0 spiro atoms. The molecular formula is C11H11ClN4S. The summed E-state index contributed by atoms with van der Waals surface area (Å²) in [6, 6.07) is 5.56. The molecule has 0 atom stereocenters. The molecule has 0 bridgehead atoms. The van der Waals surface area contributed by atoms with E-state index in [9.17, 15) is 0 Å². The van der Waals surface area contributed by atoms with Crippen molar-refractivity contribution < 1.29 is 0 Å². The fourth-order valence-corrected chi connectivity index (χ4v) is 2.05. The molecule has 2 N–H and O–H groups in total. The fraction of sp³-hybridized carbons (Fsp3) is 0.182. The predicted molar refractivity (Wildman–Crippen MR) is 71.2 cm³/mol. The highest BCUT2D eigenvalue weighted by molar-refractivity contribution is 7.98. The Morgan fingerprint density at radius 3 is 2.65 bits per heavy atom. The van der Waals surface area contributed by atoms with Gasteiger partial charge < -0.3 is 5.73 Å². The molecular weight excluding hydrogens is 256 g/mol. The predicted octanol–water partition coefficient (Wildman–Crippen LogP) is 2.80. The van der Waals surface area contributed by atoms with Crippen molar-refractivity contribution in [3.05, 3.63) is 28.8 Å². The Kier molecular flexibility index (Phi) is 3.49. The van der Waals surface area contributed by atoms with Crippen LogP contribution in [0.5, 0.6) is 0 Å². The Morgan fingerprint density at radius 2 is 2.00 bits per heavy atom. The Bertz CT molecular complexity index is 559. The number of hydrogen-bond acceptors (Lipinski definition) is 5. The summed E-state index contributed by atoms with van der Waals surface area (Å²) >= 11 is 7.34. The number of halogens is 1. The van der Waals surface area contributed by atoms with Crippen LogP contribution < -0.4 is 5.73 Å². The van der Waals surface area contributed by atoms with Gasteiger partial charge >= 0.3 is 0 Å². The van der Waals surface area contributed by atoms with E-state index in [0.717, 1.165) is 11.1 Å². The van der Waals surface area contributed by atoms with Gasteiger partial charge in [-0.3, -0.25) is 0 Å². The summed E-state index contributed by atoms with van der Waals surface area (Å²) in [4.78, 5) is 12.5. The number of nitrogen functional groups attached to an aromatic ring is 1. The summed E-state index contributed by atoms with van der Waals surface area (Å²) in [5, 5.41) is 1.31. The normalized spacial score (nSPS) is 10.5. The quantitative estimate of drug-likeness (QED) is 0.847. The van der Waals surface area contributed by atoms with Crippen LogP contribution in [0, 0.1) is 6.92 Å². The average Bonchev–Trinajstić information content (AvgIpc) is 2.28. The third-order valence-corrected chi connectivity index (χ3v) is 3.03. The van der Waals surface area contributed by atoms with Crippen LogP contribution in [0.1, 0.15) is 5.56 Å². The van der Waals surface area contributed by atoms with Crippen LogP contribution in [0.4, 0.5) is 5.95 Å². The zero-order chi connectivity index (χ0) is 12.4. The second-order valence-electron chi connectivity index (χ2n) is 3.46. The molecule has 17 heavy (non-hydrogen) atoms. The molecule has 0 radical (unpaired) electrons. The van der Waals surface area contributed by atoms with Gasteiger partial charge in [0.1, 0.15) is 0 Å². The van der Waals surface area contributed by atoms with Gasteiger partial charge in [0.2, 0.25) is 5.95 Å². The molecule has 0 unspecified atom stereocenters. The lowest BCUT2D eigenvalue weighted by atomic mass is 10.1. The number of nitrogens with zero attached hydrogens (tertiary/aromatic N) is 3. The van der Waals surface area contributed by atoms with Crippen LogP contribution in [-0.2, 0) is 0 Å². The van der Waals surface area contributed by atoms with E-state index in [1.807, 2.05) is 31.4 Å². The monoisotopic (exact) mass is 266 g/mol. The van der Waals surface area contributed by atoms with Gasteiger partial charge in [-0.15, -0.1) is 0 Å². The van der Waals surface area contributed by atoms with Crippen molar-refractivity contribution >= 4 is 29.3 Å². The lowest BCUT2D eigenvalue weighted by molar-refractivity contribution is 0.926. The number of rotatable bonds is 2. The minimum Gasteiger partial charge on any atom is -0.368 e. The fourth-order valence-electron chi connectivity index (χ4n) is 1.46. The van der Waals surface area contributed by atoms with Crippen LogP contribution in [-0.4, -0.2) is 21.2 Å². The molecule has 6 heteroatoms. The number of thioether (sulfide) groups is 1. The van der Waals surface area contributed by atoms with E-state index in [1.54, 1.807) is 0 Å². The summed E-state index contributed by atoms with van der Waals surface area (Å²) in [5.41, 5.74) is 7.58. The number of benzene rings is 1. The van der Waals surface area contributed by atoms with E-state index in [2.05, 4.69) is 15.0 Å². The molecule has 4 nitrogen and oxygen atoms in total. The third-order valence-electron chi connectivity index (χ3n) is 2.24. The van der Waals surface area contributed by atoms with E-state index in [4.69, 9.17) is 17.3 Å². The molecule has 1 aromatic carbocycles. The van der Waals surface area contributed by atoms with Crippen molar-refractivity contribution in [3.8, 4) is 11.4 Å². The Balaban J connectivity index is 2.55. The van der Waals surface area contributed by atoms with Crippen LogP contribution in [0.3, 0.4) is 0 Å². The van der Waals surface area contributed by atoms with Crippen LogP contribution in [0.2, 0.25) is 5.02 Å². The highest BCUT2D eigenvalue weighted by Crippen LogP contribution is 2.24. The summed E-state index contributed by atoms with van der Waals surface area (Å²) in [5.74, 6) is 0.810. The first-order chi connectivity index (χ1) is 8.10. The van der Waals surface area contributed by atoms with E-state index in [1.165, 1.54) is 11.8 Å². The molecule has 0 amide bonds. The standard InChI is InChI=1S/C11H11ClN4S/c1-6-5-7(12)3-4-8(6)9-14-10(13)16-11(15-9)17-2/h3-5H,1-2H3,(H2,13,14,15,16). The highest BCUT2D eigenvalue weighted by atomic mass is 35.5.